The number of H-pyrrole nitrogens is 1. The fourth-order valence-corrected chi connectivity index (χ4v) is 5.61. The summed E-state index contributed by atoms with van der Waals surface area (Å²) in [4.78, 5) is 3.70. The lowest BCUT2D eigenvalue weighted by molar-refractivity contribution is 0.110. The van der Waals surface area contributed by atoms with Gasteiger partial charge in [0.2, 0.25) is 0 Å². The van der Waals surface area contributed by atoms with Crippen LogP contribution in [0.15, 0.2) is 109 Å². The van der Waals surface area contributed by atoms with Crippen LogP contribution in [0.1, 0.15) is 46.0 Å². The van der Waals surface area contributed by atoms with Gasteiger partial charge in [0.15, 0.2) is 0 Å². The maximum Gasteiger partial charge on any atom is 0.0952 e. The van der Waals surface area contributed by atoms with Gasteiger partial charge in [-0.05, 0) is 40.5 Å². The molecule has 4 atom stereocenters. The van der Waals surface area contributed by atoms with E-state index in [1.54, 1.807) is 0 Å². The van der Waals surface area contributed by atoms with Crippen molar-refractivity contribution in [2.24, 2.45) is 0 Å². The van der Waals surface area contributed by atoms with Gasteiger partial charge in [0.1, 0.15) is 0 Å². The highest BCUT2D eigenvalue weighted by Gasteiger charge is 2.42. The van der Waals surface area contributed by atoms with Gasteiger partial charge in [-0.2, -0.15) is 0 Å². The zero-order valence-corrected chi connectivity index (χ0v) is 19.3. The maximum atomic E-state index is 11.7. The molecule has 0 aliphatic carbocycles. The number of aliphatic hydroxyl groups excluding tert-OH is 1. The summed E-state index contributed by atoms with van der Waals surface area (Å²) in [5.41, 5.74) is 6.58. The van der Waals surface area contributed by atoms with Gasteiger partial charge in [-0.1, -0.05) is 103 Å². The fourth-order valence-electron chi connectivity index (χ4n) is 5.41. The number of rotatable bonds is 4. The summed E-state index contributed by atoms with van der Waals surface area (Å²) in [6.07, 6.45) is -0.699. The number of fused-ring (bicyclic) bond motifs is 3. The Kier molecular flexibility index (Phi) is 5.46. The van der Waals surface area contributed by atoms with Gasteiger partial charge in [0, 0.05) is 33.6 Å². The Morgan fingerprint density at radius 3 is 2.18 bits per heavy atom. The molecule has 4 heteroatoms. The van der Waals surface area contributed by atoms with E-state index in [1.807, 2.05) is 54.6 Å². The summed E-state index contributed by atoms with van der Waals surface area (Å²) in [5, 5.41) is 17.4. The van der Waals surface area contributed by atoms with Crippen molar-refractivity contribution in [1.29, 1.82) is 0 Å². The Morgan fingerprint density at radius 2 is 1.41 bits per heavy atom. The number of hydrogen-bond acceptors (Lipinski definition) is 2. The van der Waals surface area contributed by atoms with E-state index in [2.05, 4.69) is 64.9 Å². The van der Waals surface area contributed by atoms with Crippen LogP contribution in [0.5, 0.6) is 0 Å². The zero-order chi connectivity index (χ0) is 23.1. The van der Waals surface area contributed by atoms with Crippen molar-refractivity contribution in [3.63, 3.8) is 0 Å². The Bertz CT molecular complexity index is 1430. The molecule has 4 aromatic carbocycles. The minimum Gasteiger partial charge on any atom is -0.387 e. The number of para-hydroxylation sites is 1. The number of nitrogens with one attached hydrogen (secondary N) is 2. The van der Waals surface area contributed by atoms with Crippen LogP contribution in [-0.4, -0.2) is 16.1 Å². The minimum absolute atomic E-state index is 0.0435. The zero-order valence-electron chi connectivity index (χ0n) is 18.5. The highest BCUT2D eigenvalue weighted by molar-refractivity contribution is 6.30. The molecule has 1 aliphatic rings. The SMILES string of the molecule is O[C@@H](c1ccccc1)[C@H]1N[C@@H](c2cccc(Cl)c2)c2[nH]c3ccccc3c2[C@H]1c1ccccc1. The molecule has 0 fully saturated rings. The van der Waals surface area contributed by atoms with Crippen LogP contribution in [-0.2, 0) is 0 Å². The number of halogens is 1. The van der Waals surface area contributed by atoms with Gasteiger partial charge < -0.3 is 10.1 Å². The van der Waals surface area contributed by atoms with Crippen molar-refractivity contribution in [2.45, 2.75) is 24.1 Å². The van der Waals surface area contributed by atoms with Crippen LogP contribution in [0.2, 0.25) is 5.02 Å². The van der Waals surface area contributed by atoms with Crippen molar-refractivity contribution < 1.29 is 5.11 Å². The molecular formula is C30H25ClN2O. The van der Waals surface area contributed by atoms with Gasteiger partial charge in [0.05, 0.1) is 12.1 Å². The first-order valence-electron chi connectivity index (χ1n) is 11.6. The molecule has 0 amide bonds. The molecule has 5 aromatic rings. The summed E-state index contributed by atoms with van der Waals surface area (Å²) in [6, 6.07) is 36.4. The molecule has 0 bridgehead atoms. The average molecular weight is 465 g/mol. The Morgan fingerprint density at radius 1 is 0.735 bits per heavy atom. The third-order valence-electron chi connectivity index (χ3n) is 6.92. The molecule has 34 heavy (non-hydrogen) atoms. The van der Waals surface area contributed by atoms with Crippen molar-refractivity contribution in [3.8, 4) is 0 Å². The van der Waals surface area contributed by atoms with Gasteiger partial charge in [-0.25, -0.2) is 0 Å². The standard InChI is InChI=1S/C30H25ClN2O/c31-22-15-9-14-21(18-22)27-28-26(23-16-7-8-17-24(23)32-28)25(19-10-3-1-4-11-19)29(33-27)30(34)20-12-5-2-6-13-20/h1-18,25,27,29-30,32-34H/t25-,27+,29+,30+/m1/s1. The lowest BCUT2D eigenvalue weighted by Crippen LogP contribution is -2.47. The highest BCUT2D eigenvalue weighted by Crippen LogP contribution is 2.47. The predicted octanol–water partition coefficient (Wildman–Crippen LogP) is 6.75. The topological polar surface area (TPSA) is 48.0 Å². The molecule has 0 saturated heterocycles. The Balaban J connectivity index is 1.61. The van der Waals surface area contributed by atoms with Crippen molar-refractivity contribution in [1.82, 2.24) is 10.3 Å². The summed E-state index contributed by atoms with van der Waals surface area (Å²) in [5.74, 6) is -0.0435. The summed E-state index contributed by atoms with van der Waals surface area (Å²) in [6.45, 7) is 0. The van der Waals surface area contributed by atoms with Crippen LogP contribution >= 0.6 is 11.6 Å². The molecule has 0 radical (unpaired) electrons. The lowest BCUT2D eigenvalue weighted by Gasteiger charge is -2.41. The molecular weight excluding hydrogens is 440 g/mol. The molecule has 0 spiro atoms. The average Bonchev–Trinajstić information content (AvgIpc) is 3.28. The fraction of sp³-hybridized carbons (Fsp3) is 0.133. The van der Waals surface area contributed by atoms with Crippen molar-refractivity contribution in [2.75, 3.05) is 0 Å². The van der Waals surface area contributed by atoms with Gasteiger partial charge >= 0.3 is 0 Å². The van der Waals surface area contributed by atoms with E-state index < -0.39 is 6.10 Å². The number of hydrogen-bond donors (Lipinski definition) is 3. The van der Waals surface area contributed by atoms with E-state index in [-0.39, 0.29) is 18.0 Å². The van der Waals surface area contributed by atoms with Crippen LogP contribution in [0.4, 0.5) is 0 Å². The minimum atomic E-state index is -0.699. The van der Waals surface area contributed by atoms with E-state index in [0.717, 1.165) is 22.3 Å². The molecule has 2 heterocycles. The lowest BCUT2D eigenvalue weighted by atomic mass is 9.75. The highest BCUT2D eigenvalue weighted by atomic mass is 35.5. The first kappa shape index (κ1) is 21.2. The number of benzene rings is 4. The maximum absolute atomic E-state index is 11.7. The molecule has 3 N–H and O–H groups in total. The predicted molar refractivity (Wildman–Crippen MR) is 138 cm³/mol. The number of aromatic amines is 1. The van der Waals surface area contributed by atoms with E-state index in [4.69, 9.17) is 11.6 Å². The van der Waals surface area contributed by atoms with Crippen LogP contribution in [0, 0.1) is 0 Å². The quantitative estimate of drug-likeness (QED) is 0.275. The molecule has 0 saturated carbocycles. The normalized spacial score (nSPS) is 20.7. The van der Waals surface area contributed by atoms with Crippen molar-refractivity contribution in [3.05, 3.63) is 142 Å². The van der Waals surface area contributed by atoms with E-state index in [0.29, 0.717) is 5.02 Å². The van der Waals surface area contributed by atoms with E-state index >= 15 is 0 Å². The third kappa shape index (κ3) is 3.63. The number of aliphatic hydroxyl groups is 1. The first-order chi connectivity index (χ1) is 16.7. The molecule has 0 unspecified atom stereocenters. The van der Waals surface area contributed by atoms with Crippen molar-refractivity contribution >= 4 is 22.5 Å². The summed E-state index contributed by atoms with van der Waals surface area (Å²) in [7, 11) is 0. The van der Waals surface area contributed by atoms with Crippen LogP contribution < -0.4 is 5.32 Å². The van der Waals surface area contributed by atoms with E-state index in [1.165, 1.54) is 16.5 Å². The second-order valence-electron chi connectivity index (χ2n) is 8.92. The monoisotopic (exact) mass is 464 g/mol. The van der Waals surface area contributed by atoms with E-state index in [9.17, 15) is 5.11 Å². The molecule has 1 aromatic heterocycles. The molecule has 3 nitrogen and oxygen atoms in total. The Hall–Kier alpha value is -3.37. The van der Waals surface area contributed by atoms with Crippen LogP contribution in [0.3, 0.4) is 0 Å². The van der Waals surface area contributed by atoms with Crippen LogP contribution in [0.25, 0.3) is 10.9 Å². The van der Waals surface area contributed by atoms with Gasteiger partial charge in [0.25, 0.3) is 0 Å². The second kappa shape index (κ2) is 8.77. The van der Waals surface area contributed by atoms with Gasteiger partial charge in [-0.3, -0.25) is 5.32 Å². The summed E-state index contributed by atoms with van der Waals surface area (Å²) >= 11 is 6.40. The largest absolute Gasteiger partial charge is 0.387 e. The molecule has 1 aliphatic heterocycles. The first-order valence-corrected chi connectivity index (χ1v) is 12.0. The third-order valence-corrected chi connectivity index (χ3v) is 7.15. The molecule has 6 rings (SSSR count). The second-order valence-corrected chi connectivity index (χ2v) is 9.36. The summed E-state index contributed by atoms with van der Waals surface area (Å²) < 4.78 is 0. The molecule has 168 valence electrons. The smallest absolute Gasteiger partial charge is 0.0952 e. The van der Waals surface area contributed by atoms with Gasteiger partial charge in [-0.15, -0.1) is 0 Å². The number of aromatic nitrogens is 1. The Labute approximate surface area is 204 Å².